The molecule has 3 rings (SSSR count). The van der Waals surface area contributed by atoms with Crippen LogP contribution in [-0.2, 0) is 4.79 Å². The minimum absolute atomic E-state index is 0.347. The number of nitrogens with zero attached hydrogens (tertiary/aromatic N) is 3. The van der Waals surface area contributed by atoms with Crippen LogP contribution in [0.25, 0.3) is 0 Å². The van der Waals surface area contributed by atoms with Crippen LogP contribution in [0.5, 0.6) is 0 Å². The number of carbonyl (C=O) groups excluding carboxylic acids is 1. The Morgan fingerprint density at radius 1 is 1.00 bits per heavy atom. The Balaban J connectivity index is 1.33. The highest BCUT2D eigenvalue weighted by Gasteiger charge is 2.26. The van der Waals surface area contributed by atoms with Crippen molar-refractivity contribution in [2.45, 2.75) is 25.7 Å². The zero-order valence-electron chi connectivity index (χ0n) is 13.2. The zero-order valence-corrected chi connectivity index (χ0v) is 13.2. The summed E-state index contributed by atoms with van der Waals surface area (Å²) in [5.41, 5.74) is 0. The third-order valence-electron chi connectivity index (χ3n) is 5.20. The second-order valence-electron chi connectivity index (χ2n) is 6.84. The van der Waals surface area contributed by atoms with Crippen LogP contribution < -0.4 is 5.32 Å². The van der Waals surface area contributed by atoms with Crippen molar-refractivity contribution >= 4 is 5.91 Å². The van der Waals surface area contributed by atoms with Gasteiger partial charge in [0.05, 0.1) is 0 Å². The predicted molar refractivity (Wildman–Crippen MR) is 84.3 cm³/mol. The number of hydrogen-bond donors (Lipinski definition) is 1. The Hall–Kier alpha value is -0.650. The molecule has 0 aromatic heterocycles. The van der Waals surface area contributed by atoms with Gasteiger partial charge in [-0.15, -0.1) is 0 Å². The number of amides is 1. The predicted octanol–water partition coefficient (Wildman–Crippen LogP) is 0.226. The third-order valence-corrected chi connectivity index (χ3v) is 5.20. The molecular weight excluding hydrogens is 264 g/mol. The topological polar surface area (TPSA) is 38.8 Å². The molecule has 3 aliphatic heterocycles. The molecule has 5 nitrogen and oxygen atoms in total. The van der Waals surface area contributed by atoms with E-state index >= 15 is 0 Å². The summed E-state index contributed by atoms with van der Waals surface area (Å²) >= 11 is 0. The van der Waals surface area contributed by atoms with Crippen molar-refractivity contribution in [3.8, 4) is 0 Å². The molecule has 3 aliphatic rings. The molecule has 1 unspecified atom stereocenters. The average Bonchev–Trinajstić information content (AvgIpc) is 3.18. The van der Waals surface area contributed by atoms with E-state index < -0.39 is 0 Å². The zero-order chi connectivity index (χ0) is 14.5. The Bertz CT molecular complexity index is 337. The van der Waals surface area contributed by atoms with Crippen LogP contribution in [0.15, 0.2) is 0 Å². The maximum atomic E-state index is 12.2. The molecule has 0 saturated carbocycles. The van der Waals surface area contributed by atoms with Crippen molar-refractivity contribution in [2.24, 2.45) is 5.92 Å². The average molecular weight is 294 g/mol. The van der Waals surface area contributed by atoms with Gasteiger partial charge in [0.25, 0.3) is 0 Å². The first-order valence-electron chi connectivity index (χ1n) is 8.74. The van der Waals surface area contributed by atoms with Crippen LogP contribution in [0.2, 0.25) is 0 Å². The fourth-order valence-electron chi connectivity index (χ4n) is 3.92. The smallest absolute Gasteiger partial charge is 0.223 e. The van der Waals surface area contributed by atoms with Crippen molar-refractivity contribution in [1.29, 1.82) is 0 Å². The third kappa shape index (κ3) is 4.41. The van der Waals surface area contributed by atoms with E-state index in [1.165, 1.54) is 52.0 Å². The molecule has 3 saturated heterocycles. The molecule has 0 spiro atoms. The number of hydrogen-bond acceptors (Lipinski definition) is 4. The lowest BCUT2D eigenvalue weighted by Crippen LogP contribution is -2.47. The fourth-order valence-corrected chi connectivity index (χ4v) is 3.92. The van der Waals surface area contributed by atoms with Gasteiger partial charge in [0.15, 0.2) is 0 Å². The summed E-state index contributed by atoms with van der Waals surface area (Å²) in [7, 11) is 0. The van der Waals surface area contributed by atoms with E-state index in [-0.39, 0.29) is 0 Å². The summed E-state index contributed by atoms with van der Waals surface area (Å²) < 4.78 is 0. The number of carbonyl (C=O) groups is 1. The molecule has 120 valence electrons. The number of likely N-dealkylation sites (tertiary alicyclic amines) is 2. The van der Waals surface area contributed by atoms with E-state index in [4.69, 9.17) is 0 Å². The first-order chi connectivity index (χ1) is 10.3. The van der Waals surface area contributed by atoms with Gasteiger partial charge in [0.2, 0.25) is 5.91 Å². The molecule has 0 radical (unpaired) electrons. The summed E-state index contributed by atoms with van der Waals surface area (Å²) in [6.45, 7) is 10.9. The first-order valence-corrected chi connectivity index (χ1v) is 8.74. The van der Waals surface area contributed by atoms with Crippen molar-refractivity contribution in [1.82, 2.24) is 20.0 Å². The minimum Gasteiger partial charge on any atom is -0.340 e. The van der Waals surface area contributed by atoms with Crippen molar-refractivity contribution in [3.05, 3.63) is 0 Å². The van der Waals surface area contributed by atoms with Crippen LogP contribution in [0.1, 0.15) is 25.7 Å². The largest absolute Gasteiger partial charge is 0.340 e. The van der Waals surface area contributed by atoms with E-state index in [2.05, 4.69) is 15.1 Å². The SMILES string of the molecule is O=C(CCN1CCC(CN2CCCC2)C1)N1CCNCC1. The highest BCUT2D eigenvalue weighted by molar-refractivity contribution is 5.76. The van der Waals surface area contributed by atoms with Crippen LogP contribution in [0, 0.1) is 5.92 Å². The van der Waals surface area contributed by atoms with E-state index in [1.807, 2.05) is 4.90 Å². The number of rotatable bonds is 5. The molecule has 3 fully saturated rings. The van der Waals surface area contributed by atoms with Crippen LogP contribution in [0.4, 0.5) is 0 Å². The molecule has 0 bridgehead atoms. The summed E-state index contributed by atoms with van der Waals surface area (Å²) in [6, 6.07) is 0. The van der Waals surface area contributed by atoms with Crippen molar-refractivity contribution in [2.75, 3.05) is 65.4 Å². The quantitative estimate of drug-likeness (QED) is 0.788. The Morgan fingerprint density at radius 2 is 1.76 bits per heavy atom. The maximum absolute atomic E-state index is 12.2. The monoisotopic (exact) mass is 294 g/mol. The summed E-state index contributed by atoms with van der Waals surface area (Å²) in [4.78, 5) is 19.3. The van der Waals surface area contributed by atoms with Crippen molar-refractivity contribution in [3.63, 3.8) is 0 Å². The Labute approximate surface area is 128 Å². The second-order valence-corrected chi connectivity index (χ2v) is 6.84. The molecule has 1 amide bonds. The standard InChI is InChI=1S/C16H30N4O/c21-16(20-11-5-17-6-12-20)4-10-19-9-3-15(14-19)13-18-7-1-2-8-18/h15,17H,1-14H2. The molecule has 21 heavy (non-hydrogen) atoms. The van der Waals surface area contributed by atoms with Gasteiger partial charge in [0, 0.05) is 52.2 Å². The van der Waals surface area contributed by atoms with Gasteiger partial charge >= 0.3 is 0 Å². The van der Waals surface area contributed by atoms with Gasteiger partial charge in [-0.1, -0.05) is 0 Å². The molecule has 3 heterocycles. The van der Waals surface area contributed by atoms with Gasteiger partial charge in [0.1, 0.15) is 0 Å². The van der Waals surface area contributed by atoms with E-state index in [0.717, 1.165) is 38.6 Å². The second kappa shape index (κ2) is 7.56. The number of nitrogens with one attached hydrogen (secondary N) is 1. The van der Waals surface area contributed by atoms with Crippen LogP contribution in [-0.4, -0.2) is 86.1 Å². The number of piperazine rings is 1. The van der Waals surface area contributed by atoms with E-state index in [9.17, 15) is 4.79 Å². The van der Waals surface area contributed by atoms with Gasteiger partial charge < -0.3 is 20.0 Å². The Morgan fingerprint density at radius 3 is 2.52 bits per heavy atom. The van der Waals surface area contributed by atoms with E-state index in [0.29, 0.717) is 12.3 Å². The molecule has 5 heteroatoms. The van der Waals surface area contributed by atoms with Crippen LogP contribution >= 0.6 is 0 Å². The van der Waals surface area contributed by atoms with Crippen LogP contribution in [0.3, 0.4) is 0 Å². The van der Waals surface area contributed by atoms with Gasteiger partial charge in [-0.25, -0.2) is 0 Å². The van der Waals surface area contributed by atoms with Gasteiger partial charge in [-0.3, -0.25) is 4.79 Å². The lowest BCUT2D eigenvalue weighted by Gasteiger charge is -2.28. The summed E-state index contributed by atoms with van der Waals surface area (Å²) in [6.07, 6.45) is 4.79. The van der Waals surface area contributed by atoms with Gasteiger partial charge in [-0.2, -0.15) is 0 Å². The summed E-state index contributed by atoms with van der Waals surface area (Å²) in [5.74, 6) is 1.18. The molecule has 1 atom stereocenters. The minimum atomic E-state index is 0.347. The summed E-state index contributed by atoms with van der Waals surface area (Å²) in [5, 5.41) is 3.30. The Kier molecular flexibility index (Phi) is 5.49. The van der Waals surface area contributed by atoms with E-state index in [1.54, 1.807) is 0 Å². The first kappa shape index (κ1) is 15.3. The highest BCUT2D eigenvalue weighted by atomic mass is 16.2. The molecular formula is C16H30N4O. The van der Waals surface area contributed by atoms with Gasteiger partial charge in [-0.05, 0) is 44.8 Å². The normalized spacial score (nSPS) is 28.4. The fraction of sp³-hybridized carbons (Fsp3) is 0.938. The molecule has 0 aromatic carbocycles. The highest BCUT2D eigenvalue weighted by Crippen LogP contribution is 2.20. The molecule has 0 aliphatic carbocycles. The molecule has 0 aromatic rings. The lowest BCUT2D eigenvalue weighted by atomic mass is 10.1. The lowest BCUT2D eigenvalue weighted by molar-refractivity contribution is -0.132. The van der Waals surface area contributed by atoms with Crippen molar-refractivity contribution < 1.29 is 4.79 Å². The maximum Gasteiger partial charge on any atom is 0.223 e. The molecule has 1 N–H and O–H groups in total.